The zero-order valence-corrected chi connectivity index (χ0v) is 11.9. The van der Waals surface area contributed by atoms with Crippen LogP contribution in [-0.4, -0.2) is 16.9 Å². The Morgan fingerprint density at radius 1 is 1.50 bits per heavy atom. The summed E-state index contributed by atoms with van der Waals surface area (Å²) in [5, 5.41) is 4.76. The minimum absolute atomic E-state index is 0.194. The normalized spacial score (nSPS) is 16.7. The zero-order valence-electron chi connectivity index (χ0n) is 10.2. The van der Waals surface area contributed by atoms with Gasteiger partial charge in [0.15, 0.2) is 0 Å². The van der Waals surface area contributed by atoms with Crippen LogP contribution in [0.2, 0.25) is 0 Å². The zero-order chi connectivity index (χ0) is 11.6. The van der Waals surface area contributed by atoms with Gasteiger partial charge in [0, 0.05) is 34.2 Å². The molecule has 1 aliphatic carbocycles. The highest BCUT2D eigenvalue weighted by molar-refractivity contribution is 7.98. The van der Waals surface area contributed by atoms with Crippen LogP contribution in [0.4, 0.5) is 0 Å². The Hall–Kier alpha value is -0.0600. The van der Waals surface area contributed by atoms with Gasteiger partial charge in [-0.25, -0.2) is 4.98 Å². The van der Waals surface area contributed by atoms with Crippen molar-refractivity contribution in [3.63, 3.8) is 0 Å². The fraction of sp³-hybridized carbons (Fsp3) is 0.750. The van der Waals surface area contributed by atoms with Crippen molar-refractivity contribution in [2.45, 2.75) is 50.8 Å². The van der Waals surface area contributed by atoms with Gasteiger partial charge in [-0.1, -0.05) is 20.8 Å². The molecule has 0 aliphatic heterocycles. The second-order valence-electron chi connectivity index (χ2n) is 5.35. The van der Waals surface area contributed by atoms with Crippen molar-refractivity contribution in [2.24, 2.45) is 0 Å². The van der Waals surface area contributed by atoms with E-state index in [1.807, 2.05) is 29.3 Å². The summed E-state index contributed by atoms with van der Waals surface area (Å²) in [4.78, 5) is 5.89. The predicted octanol–water partition coefficient (Wildman–Crippen LogP) is 3.38. The molecule has 0 aromatic carbocycles. The molecule has 1 aliphatic rings. The number of thiazole rings is 1. The summed E-state index contributed by atoms with van der Waals surface area (Å²) in [7, 11) is 0. The van der Waals surface area contributed by atoms with E-state index in [4.69, 9.17) is 0 Å². The third-order valence-electron chi connectivity index (χ3n) is 2.49. The van der Waals surface area contributed by atoms with Crippen LogP contribution in [-0.2, 0) is 11.2 Å². The molecule has 0 atom stereocenters. The molecule has 1 fully saturated rings. The van der Waals surface area contributed by atoms with Crippen LogP contribution in [0.3, 0.4) is 0 Å². The summed E-state index contributed by atoms with van der Waals surface area (Å²) in [5.41, 5.74) is 0.194. The van der Waals surface area contributed by atoms with E-state index in [1.54, 1.807) is 0 Å². The molecule has 1 aromatic rings. The van der Waals surface area contributed by atoms with Gasteiger partial charge in [-0.05, 0) is 12.8 Å². The molecule has 0 amide bonds. The van der Waals surface area contributed by atoms with Crippen molar-refractivity contribution < 1.29 is 0 Å². The van der Waals surface area contributed by atoms with Gasteiger partial charge in [0.25, 0.3) is 0 Å². The molecule has 1 heterocycles. The van der Waals surface area contributed by atoms with E-state index in [0.717, 1.165) is 17.7 Å². The monoisotopic (exact) mass is 256 g/mol. The van der Waals surface area contributed by atoms with Gasteiger partial charge in [-0.15, -0.1) is 23.1 Å². The molecular formula is C12H20N2S2. The van der Waals surface area contributed by atoms with Gasteiger partial charge >= 0.3 is 0 Å². The molecular weight excluding hydrogens is 236 g/mol. The van der Waals surface area contributed by atoms with Crippen LogP contribution in [0, 0.1) is 0 Å². The van der Waals surface area contributed by atoms with Crippen molar-refractivity contribution in [1.29, 1.82) is 0 Å². The standard InChI is InChI=1S/C12H20N2S2/c1-12(2,3)11-13-6-10(16-11)7-15-8-14-9-4-5-9/h6,9,14H,4-5,7-8H2,1-3H3. The molecule has 0 spiro atoms. The maximum atomic E-state index is 4.50. The number of nitrogens with zero attached hydrogens (tertiary/aromatic N) is 1. The molecule has 0 radical (unpaired) electrons. The Balaban J connectivity index is 1.73. The molecule has 1 saturated carbocycles. The van der Waals surface area contributed by atoms with E-state index in [0.29, 0.717) is 0 Å². The summed E-state index contributed by atoms with van der Waals surface area (Å²) >= 11 is 3.81. The number of rotatable bonds is 5. The van der Waals surface area contributed by atoms with Crippen molar-refractivity contribution in [2.75, 3.05) is 5.88 Å². The van der Waals surface area contributed by atoms with E-state index >= 15 is 0 Å². The Labute approximate surface area is 106 Å². The van der Waals surface area contributed by atoms with Crippen molar-refractivity contribution in [1.82, 2.24) is 10.3 Å². The molecule has 2 nitrogen and oxygen atoms in total. The van der Waals surface area contributed by atoms with Crippen molar-refractivity contribution >= 4 is 23.1 Å². The third-order valence-corrected chi connectivity index (χ3v) is 4.98. The lowest BCUT2D eigenvalue weighted by atomic mass is 9.98. The van der Waals surface area contributed by atoms with Crippen LogP contribution in [0.5, 0.6) is 0 Å². The quantitative estimate of drug-likeness (QED) is 0.646. The predicted molar refractivity (Wildman–Crippen MR) is 73.1 cm³/mol. The summed E-state index contributed by atoms with van der Waals surface area (Å²) in [6, 6.07) is 0.819. The van der Waals surface area contributed by atoms with Crippen LogP contribution < -0.4 is 5.32 Å². The topological polar surface area (TPSA) is 24.9 Å². The van der Waals surface area contributed by atoms with E-state index in [9.17, 15) is 0 Å². The number of nitrogens with one attached hydrogen (secondary N) is 1. The first-order chi connectivity index (χ1) is 7.55. The van der Waals surface area contributed by atoms with Gasteiger partial charge in [-0.2, -0.15) is 0 Å². The Morgan fingerprint density at radius 3 is 2.81 bits per heavy atom. The first-order valence-corrected chi connectivity index (χ1v) is 7.79. The Kier molecular flexibility index (Phi) is 3.93. The molecule has 2 rings (SSSR count). The summed E-state index contributed by atoms with van der Waals surface area (Å²) in [6.45, 7) is 6.66. The molecule has 0 unspecified atom stereocenters. The van der Waals surface area contributed by atoms with Gasteiger partial charge < -0.3 is 5.32 Å². The highest BCUT2D eigenvalue weighted by Crippen LogP contribution is 2.28. The summed E-state index contributed by atoms with van der Waals surface area (Å²) in [6.07, 6.45) is 4.78. The second kappa shape index (κ2) is 5.07. The Bertz CT molecular complexity index is 337. The van der Waals surface area contributed by atoms with Crippen molar-refractivity contribution in [3.05, 3.63) is 16.1 Å². The first-order valence-electron chi connectivity index (χ1n) is 5.82. The lowest BCUT2D eigenvalue weighted by Crippen LogP contribution is -2.14. The molecule has 1 N–H and O–H groups in total. The fourth-order valence-corrected chi connectivity index (χ4v) is 3.32. The maximum absolute atomic E-state index is 4.50. The minimum Gasteiger partial charge on any atom is -0.305 e. The molecule has 0 saturated heterocycles. The van der Waals surface area contributed by atoms with Crippen LogP contribution in [0.15, 0.2) is 6.20 Å². The maximum Gasteiger partial charge on any atom is 0.0981 e. The summed E-state index contributed by atoms with van der Waals surface area (Å²) in [5.74, 6) is 2.17. The van der Waals surface area contributed by atoms with Crippen LogP contribution >= 0.6 is 23.1 Å². The number of aromatic nitrogens is 1. The third kappa shape index (κ3) is 3.75. The first kappa shape index (κ1) is 12.4. The lowest BCUT2D eigenvalue weighted by molar-refractivity contribution is 0.585. The van der Waals surface area contributed by atoms with E-state index in [1.165, 1.54) is 22.7 Å². The average Bonchev–Trinajstić information content (AvgIpc) is 2.88. The number of thioether (sulfide) groups is 1. The highest BCUT2D eigenvalue weighted by atomic mass is 32.2. The van der Waals surface area contributed by atoms with Crippen LogP contribution in [0.25, 0.3) is 0 Å². The fourth-order valence-electron chi connectivity index (χ4n) is 1.34. The second-order valence-corrected chi connectivity index (χ2v) is 7.45. The lowest BCUT2D eigenvalue weighted by Gasteiger charge is -2.13. The van der Waals surface area contributed by atoms with Crippen LogP contribution in [0.1, 0.15) is 43.5 Å². The summed E-state index contributed by atoms with van der Waals surface area (Å²) < 4.78 is 0. The van der Waals surface area contributed by atoms with Crippen molar-refractivity contribution in [3.8, 4) is 0 Å². The van der Waals surface area contributed by atoms with E-state index < -0.39 is 0 Å². The molecule has 16 heavy (non-hydrogen) atoms. The van der Waals surface area contributed by atoms with Gasteiger partial charge in [-0.3, -0.25) is 0 Å². The molecule has 4 heteroatoms. The van der Waals surface area contributed by atoms with Gasteiger partial charge in [0.05, 0.1) is 5.01 Å². The number of hydrogen-bond donors (Lipinski definition) is 1. The SMILES string of the molecule is CC(C)(C)c1ncc(CSCNC2CC2)s1. The van der Waals surface area contributed by atoms with Gasteiger partial charge in [0.2, 0.25) is 0 Å². The largest absolute Gasteiger partial charge is 0.305 e. The molecule has 90 valence electrons. The Morgan fingerprint density at radius 2 is 2.25 bits per heavy atom. The minimum atomic E-state index is 0.194. The highest BCUT2D eigenvalue weighted by Gasteiger charge is 2.20. The number of hydrogen-bond acceptors (Lipinski definition) is 4. The molecule has 1 aromatic heterocycles. The van der Waals surface area contributed by atoms with Gasteiger partial charge in [0.1, 0.15) is 0 Å². The average molecular weight is 256 g/mol. The van der Waals surface area contributed by atoms with E-state index in [-0.39, 0.29) is 5.41 Å². The smallest absolute Gasteiger partial charge is 0.0981 e. The molecule has 0 bridgehead atoms. The van der Waals surface area contributed by atoms with E-state index in [2.05, 4.69) is 31.1 Å².